The lowest BCUT2D eigenvalue weighted by atomic mass is 10.1. The van der Waals surface area contributed by atoms with Crippen molar-refractivity contribution in [3.63, 3.8) is 0 Å². The zero-order valence-corrected chi connectivity index (χ0v) is 26.3. The summed E-state index contributed by atoms with van der Waals surface area (Å²) in [6, 6.07) is 50.5. The molecule has 0 bridgehead atoms. The normalized spacial score (nSPS) is 13.0. The van der Waals surface area contributed by atoms with E-state index in [1.54, 1.807) is 0 Å². The molecule has 6 aromatic carbocycles. The average Bonchev–Trinajstić information content (AvgIpc) is 3.63. The first kappa shape index (κ1) is 27.9. The fourth-order valence-electron chi connectivity index (χ4n) is 6.10. The second-order valence-electron chi connectivity index (χ2n) is 11.2. The third kappa shape index (κ3) is 5.24. The molecule has 2 radical (unpaired) electrons. The summed E-state index contributed by atoms with van der Waals surface area (Å²) < 4.78 is 8.52. The largest absolute Gasteiger partial charge is 0.456 e. The third-order valence-corrected chi connectivity index (χ3v) is 9.55. The molecule has 5 nitrogen and oxygen atoms in total. The van der Waals surface area contributed by atoms with Crippen molar-refractivity contribution in [1.82, 2.24) is 9.88 Å². The number of nitrogens with one attached hydrogen (secondary N) is 1. The van der Waals surface area contributed by atoms with Crippen LogP contribution in [0.5, 0.6) is 0 Å². The average molecular weight is 611 g/mol. The number of furan rings is 1. The molecule has 0 fully saturated rings. The molecule has 2 aromatic heterocycles. The lowest BCUT2D eigenvalue weighted by Gasteiger charge is -2.13. The molecular formula is C40H30N4OSi. The van der Waals surface area contributed by atoms with E-state index in [9.17, 15) is 0 Å². The minimum absolute atomic E-state index is 0.245. The molecule has 0 aliphatic heterocycles. The molecule has 0 aliphatic rings. The Hall–Kier alpha value is -5.56. The van der Waals surface area contributed by atoms with Crippen LogP contribution in [0.25, 0.3) is 43.7 Å². The lowest BCUT2D eigenvalue weighted by molar-refractivity contribution is 0.625. The highest BCUT2D eigenvalue weighted by atomic mass is 28.2. The molecule has 0 saturated heterocycles. The molecule has 8 rings (SSSR count). The van der Waals surface area contributed by atoms with Gasteiger partial charge in [0.1, 0.15) is 33.2 Å². The summed E-state index contributed by atoms with van der Waals surface area (Å²) in [6.45, 7) is 0. The Morgan fingerprint density at radius 1 is 0.652 bits per heavy atom. The van der Waals surface area contributed by atoms with Gasteiger partial charge in [0.05, 0.1) is 11.0 Å². The van der Waals surface area contributed by atoms with Crippen LogP contribution in [-0.4, -0.2) is 33.3 Å². The highest BCUT2D eigenvalue weighted by Gasteiger charge is 2.16. The van der Waals surface area contributed by atoms with Gasteiger partial charge in [-0.3, -0.25) is 9.88 Å². The van der Waals surface area contributed by atoms with E-state index in [1.165, 1.54) is 15.8 Å². The lowest BCUT2D eigenvalue weighted by Crippen LogP contribution is -2.26. The number of aromatic nitrogens is 1. The topological polar surface area (TPSA) is 54.8 Å². The zero-order chi connectivity index (χ0) is 30.9. The van der Waals surface area contributed by atoms with Crippen LogP contribution < -0.4 is 15.7 Å². The van der Waals surface area contributed by atoms with Gasteiger partial charge in [-0.15, -0.1) is 0 Å². The van der Waals surface area contributed by atoms with Crippen molar-refractivity contribution < 1.29 is 4.42 Å². The predicted octanol–water partition coefficient (Wildman–Crippen LogP) is 7.59. The van der Waals surface area contributed by atoms with E-state index >= 15 is 0 Å². The summed E-state index contributed by atoms with van der Waals surface area (Å²) in [5.74, 6) is 0.649. The van der Waals surface area contributed by atoms with Gasteiger partial charge in [0.15, 0.2) is 5.84 Å². The van der Waals surface area contributed by atoms with E-state index in [1.807, 2.05) is 61.9 Å². The Kier molecular flexibility index (Phi) is 7.34. The van der Waals surface area contributed by atoms with Gasteiger partial charge >= 0.3 is 0 Å². The maximum atomic E-state index is 6.33. The summed E-state index contributed by atoms with van der Waals surface area (Å²) in [7, 11) is 2.49. The summed E-state index contributed by atoms with van der Waals surface area (Å²) >= 11 is 0. The highest BCUT2D eigenvalue weighted by Crippen LogP contribution is 2.36. The number of aliphatic imine (C=N–C) groups is 2. The van der Waals surface area contributed by atoms with E-state index in [4.69, 9.17) is 14.4 Å². The minimum Gasteiger partial charge on any atom is -0.456 e. The quantitative estimate of drug-likeness (QED) is 0.115. The Labute approximate surface area is 269 Å². The van der Waals surface area contributed by atoms with Gasteiger partial charge in [-0.05, 0) is 36.9 Å². The fourth-order valence-corrected chi connectivity index (χ4v) is 7.18. The highest BCUT2D eigenvalue weighted by molar-refractivity contribution is 6.67. The molecule has 2 heterocycles. The minimum atomic E-state index is -0.245. The summed E-state index contributed by atoms with van der Waals surface area (Å²) in [6.07, 6.45) is 1.67. The first-order chi connectivity index (χ1) is 22.7. The molecule has 6 heteroatoms. The molecule has 0 saturated carbocycles. The van der Waals surface area contributed by atoms with Gasteiger partial charge in [-0.25, -0.2) is 9.98 Å². The number of para-hydroxylation sites is 1. The number of rotatable bonds is 7. The third-order valence-electron chi connectivity index (χ3n) is 8.33. The number of nitrogens with zero attached hydrogens (tertiary/aromatic N) is 3. The van der Waals surface area contributed by atoms with E-state index < -0.39 is 0 Å². The Morgan fingerprint density at radius 3 is 2.13 bits per heavy atom. The molecule has 1 unspecified atom stereocenters. The summed E-state index contributed by atoms with van der Waals surface area (Å²) in [5, 5.41) is 10.4. The SMILES string of the molecule is CNC(N=C(N=Cn1c2ccc([Si]c3ccccc3)cc2c2cc3oc4ccccc4c3cc21)c1ccccc1)c1ccccc1. The van der Waals surface area contributed by atoms with Gasteiger partial charge in [-0.2, -0.15) is 0 Å². The first-order valence-corrected chi connectivity index (χ1v) is 16.4. The predicted molar refractivity (Wildman–Crippen MR) is 193 cm³/mol. The fraction of sp³-hybridized carbons (Fsp3) is 0.0500. The van der Waals surface area contributed by atoms with Crippen LogP contribution in [0.4, 0.5) is 0 Å². The van der Waals surface area contributed by atoms with Gasteiger partial charge < -0.3 is 4.42 Å². The molecule has 0 aliphatic carbocycles. The summed E-state index contributed by atoms with van der Waals surface area (Å²) in [5.41, 5.74) is 5.94. The van der Waals surface area contributed by atoms with Crippen molar-refractivity contribution in [2.75, 3.05) is 7.05 Å². The van der Waals surface area contributed by atoms with E-state index in [-0.39, 0.29) is 6.17 Å². The summed E-state index contributed by atoms with van der Waals surface area (Å²) in [4.78, 5) is 10.2. The van der Waals surface area contributed by atoms with E-state index in [0.29, 0.717) is 15.4 Å². The monoisotopic (exact) mass is 610 g/mol. The van der Waals surface area contributed by atoms with Crippen LogP contribution in [0.2, 0.25) is 0 Å². The second kappa shape index (κ2) is 12.1. The van der Waals surface area contributed by atoms with Gasteiger partial charge in [0, 0.05) is 27.1 Å². The van der Waals surface area contributed by atoms with Crippen molar-refractivity contribution >= 4 is 75.8 Å². The number of hydrogen-bond acceptors (Lipinski definition) is 3. The van der Waals surface area contributed by atoms with Crippen LogP contribution in [-0.2, 0) is 0 Å². The molecular weight excluding hydrogens is 581 g/mol. The van der Waals surface area contributed by atoms with Gasteiger partial charge in [0.2, 0.25) is 0 Å². The first-order valence-electron chi connectivity index (χ1n) is 15.4. The molecule has 1 atom stereocenters. The maximum absolute atomic E-state index is 6.33. The number of fused-ring (bicyclic) bond motifs is 6. The van der Waals surface area contributed by atoms with Crippen molar-refractivity contribution in [2.24, 2.45) is 9.98 Å². The van der Waals surface area contributed by atoms with Crippen LogP contribution in [0, 0.1) is 0 Å². The Balaban J connectivity index is 1.32. The standard InChI is InChI=1S/C40H30N4OSi/c1-41-39(27-13-5-2-6-14-27)43-40(28-15-7-3-8-16-28)42-26-44-35-22-21-30(46-29-17-9-4-10-18-29)23-32(35)33-25-38-34(24-36(33)44)31-19-11-12-20-37(31)45-38/h2-26,39,41H,1H3. The number of amidine groups is 1. The molecule has 46 heavy (non-hydrogen) atoms. The van der Waals surface area contributed by atoms with E-state index in [2.05, 4.69) is 107 Å². The number of benzene rings is 6. The molecule has 1 N–H and O–H groups in total. The second-order valence-corrected chi connectivity index (χ2v) is 12.6. The van der Waals surface area contributed by atoms with Crippen LogP contribution in [0.1, 0.15) is 17.3 Å². The van der Waals surface area contributed by atoms with E-state index in [0.717, 1.165) is 49.5 Å². The van der Waals surface area contributed by atoms with Crippen molar-refractivity contribution in [1.29, 1.82) is 0 Å². The maximum Gasteiger partial charge on any atom is 0.158 e. The smallest absolute Gasteiger partial charge is 0.158 e. The molecule has 220 valence electrons. The van der Waals surface area contributed by atoms with Gasteiger partial charge in [-0.1, -0.05) is 132 Å². The molecule has 8 aromatic rings. The number of hydrogen-bond donors (Lipinski definition) is 1. The van der Waals surface area contributed by atoms with Crippen molar-refractivity contribution in [3.05, 3.63) is 157 Å². The van der Waals surface area contributed by atoms with Gasteiger partial charge in [0.25, 0.3) is 0 Å². The Morgan fingerprint density at radius 2 is 1.35 bits per heavy atom. The Bertz CT molecular complexity index is 2380. The molecule has 0 amide bonds. The van der Waals surface area contributed by atoms with Crippen LogP contribution >= 0.6 is 0 Å². The molecule has 0 spiro atoms. The van der Waals surface area contributed by atoms with Crippen LogP contribution in [0.3, 0.4) is 0 Å². The van der Waals surface area contributed by atoms with Crippen molar-refractivity contribution in [3.8, 4) is 0 Å². The van der Waals surface area contributed by atoms with Crippen molar-refractivity contribution in [2.45, 2.75) is 6.17 Å². The van der Waals surface area contributed by atoms with Crippen LogP contribution in [0.15, 0.2) is 160 Å². The zero-order valence-electron chi connectivity index (χ0n) is 25.3.